The minimum atomic E-state index is 0.361. The van der Waals surface area contributed by atoms with Crippen molar-refractivity contribution >= 4 is 6.29 Å². The second-order valence-corrected chi connectivity index (χ2v) is 3.65. The van der Waals surface area contributed by atoms with E-state index in [9.17, 15) is 4.79 Å². The summed E-state index contributed by atoms with van der Waals surface area (Å²) in [6.45, 7) is 2.02. The van der Waals surface area contributed by atoms with Gasteiger partial charge in [-0.1, -0.05) is 19.1 Å². The molecule has 88 valence electrons. The number of carbonyl (C=O) groups excluding carboxylic acids is 1. The lowest BCUT2D eigenvalue weighted by Gasteiger charge is -2.03. The molecule has 1 aromatic carbocycles. The van der Waals surface area contributed by atoms with E-state index < -0.39 is 0 Å². The fraction of sp³-hybridized carbons (Fsp3) is 0.231. The van der Waals surface area contributed by atoms with Gasteiger partial charge in [0, 0.05) is 11.3 Å². The molecule has 17 heavy (non-hydrogen) atoms. The number of aromatic amines is 1. The summed E-state index contributed by atoms with van der Waals surface area (Å²) in [6, 6.07) is 7.64. The molecule has 0 aliphatic carbocycles. The standard InChI is InChI=1S/C13H14N2O2/c1-3-11-13(15-12(8-16)14-11)9-5-4-6-10(7-9)17-2/h4-8H,3H2,1-2H3,(H,14,15). The molecule has 1 heterocycles. The summed E-state index contributed by atoms with van der Waals surface area (Å²) < 4.78 is 5.18. The van der Waals surface area contributed by atoms with E-state index in [-0.39, 0.29) is 0 Å². The van der Waals surface area contributed by atoms with Gasteiger partial charge < -0.3 is 9.72 Å². The Kier molecular flexibility index (Phi) is 3.23. The smallest absolute Gasteiger partial charge is 0.185 e. The van der Waals surface area contributed by atoms with Gasteiger partial charge in [0.25, 0.3) is 0 Å². The molecule has 0 fully saturated rings. The van der Waals surface area contributed by atoms with E-state index >= 15 is 0 Å². The van der Waals surface area contributed by atoms with E-state index in [2.05, 4.69) is 9.97 Å². The molecular weight excluding hydrogens is 216 g/mol. The molecule has 0 amide bonds. The van der Waals surface area contributed by atoms with Gasteiger partial charge in [0.05, 0.1) is 12.8 Å². The Labute approximate surface area is 99.7 Å². The van der Waals surface area contributed by atoms with Crippen molar-refractivity contribution in [3.05, 3.63) is 35.8 Å². The topological polar surface area (TPSA) is 55.0 Å². The third kappa shape index (κ3) is 2.20. The number of nitrogens with one attached hydrogen (secondary N) is 1. The number of benzene rings is 1. The molecule has 0 spiro atoms. The monoisotopic (exact) mass is 230 g/mol. The third-order valence-corrected chi connectivity index (χ3v) is 2.61. The maximum atomic E-state index is 10.7. The molecule has 4 nitrogen and oxygen atoms in total. The van der Waals surface area contributed by atoms with Crippen molar-refractivity contribution in [1.82, 2.24) is 9.97 Å². The zero-order chi connectivity index (χ0) is 12.3. The van der Waals surface area contributed by atoms with E-state index in [4.69, 9.17) is 4.74 Å². The first-order chi connectivity index (χ1) is 8.28. The van der Waals surface area contributed by atoms with Crippen molar-refractivity contribution in [2.45, 2.75) is 13.3 Å². The summed E-state index contributed by atoms with van der Waals surface area (Å²) in [5.41, 5.74) is 2.72. The number of ether oxygens (including phenoxy) is 1. The number of methoxy groups -OCH3 is 1. The summed E-state index contributed by atoms with van der Waals surface area (Å²) in [5.74, 6) is 1.14. The Hall–Kier alpha value is -2.10. The van der Waals surface area contributed by atoms with Crippen LogP contribution in [0.15, 0.2) is 24.3 Å². The van der Waals surface area contributed by atoms with Gasteiger partial charge in [0.2, 0.25) is 0 Å². The van der Waals surface area contributed by atoms with Crippen LogP contribution < -0.4 is 4.74 Å². The van der Waals surface area contributed by atoms with Crippen molar-refractivity contribution in [2.75, 3.05) is 7.11 Å². The van der Waals surface area contributed by atoms with Crippen molar-refractivity contribution in [3.8, 4) is 17.0 Å². The molecule has 0 radical (unpaired) electrons. The van der Waals surface area contributed by atoms with Gasteiger partial charge in [0.1, 0.15) is 5.75 Å². The van der Waals surface area contributed by atoms with E-state index in [1.165, 1.54) is 0 Å². The minimum absolute atomic E-state index is 0.361. The maximum absolute atomic E-state index is 10.7. The van der Waals surface area contributed by atoms with Gasteiger partial charge in [0.15, 0.2) is 12.1 Å². The van der Waals surface area contributed by atoms with Gasteiger partial charge >= 0.3 is 0 Å². The number of aryl methyl sites for hydroxylation is 1. The number of aromatic nitrogens is 2. The summed E-state index contributed by atoms with van der Waals surface area (Å²) >= 11 is 0. The minimum Gasteiger partial charge on any atom is -0.497 e. The quantitative estimate of drug-likeness (QED) is 0.821. The lowest BCUT2D eigenvalue weighted by molar-refractivity contribution is 0.111. The Morgan fingerprint density at radius 1 is 1.47 bits per heavy atom. The SMILES string of the molecule is CCc1[nH]c(C=O)nc1-c1cccc(OC)c1. The number of imidazole rings is 1. The van der Waals surface area contributed by atoms with Crippen molar-refractivity contribution in [1.29, 1.82) is 0 Å². The first-order valence-electron chi connectivity index (χ1n) is 5.47. The summed E-state index contributed by atoms with van der Waals surface area (Å²) in [4.78, 5) is 18.0. The van der Waals surface area contributed by atoms with Gasteiger partial charge in [-0.25, -0.2) is 4.98 Å². The van der Waals surface area contributed by atoms with Crippen LogP contribution in [0.3, 0.4) is 0 Å². The third-order valence-electron chi connectivity index (χ3n) is 2.61. The van der Waals surface area contributed by atoms with E-state index in [0.717, 1.165) is 35.4 Å². The van der Waals surface area contributed by atoms with E-state index in [1.807, 2.05) is 31.2 Å². The Morgan fingerprint density at radius 3 is 2.94 bits per heavy atom. The number of aldehydes is 1. The lowest BCUT2D eigenvalue weighted by Crippen LogP contribution is -1.87. The van der Waals surface area contributed by atoms with Crippen LogP contribution in [-0.2, 0) is 6.42 Å². The largest absolute Gasteiger partial charge is 0.497 e. The molecule has 2 rings (SSSR count). The number of hydrogen-bond donors (Lipinski definition) is 1. The molecule has 0 saturated heterocycles. The summed E-state index contributed by atoms with van der Waals surface area (Å²) in [6.07, 6.45) is 1.52. The van der Waals surface area contributed by atoms with Crippen LogP contribution in [0, 0.1) is 0 Å². The molecule has 2 aromatic rings. The first-order valence-corrected chi connectivity index (χ1v) is 5.47. The predicted molar refractivity (Wildman–Crippen MR) is 65.3 cm³/mol. The molecule has 0 unspecified atom stereocenters. The molecular formula is C13H14N2O2. The summed E-state index contributed by atoms with van der Waals surface area (Å²) in [7, 11) is 1.63. The molecule has 0 aliphatic heterocycles. The highest BCUT2D eigenvalue weighted by molar-refractivity contribution is 5.73. The van der Waals surface area contributed by atoms with Crippen LogP contribution in [-0.4, -0.2) is 23.4 Å². The molecule has 4 heteroatoms. The highest BCUT2D eigenvalue weighted by atomic mass is 16.5. The Morgan fingerprint density at radius 2 is 2.29 bits per heavy atom. The molecule has 0 atom stereocenters. The zero-order valence-corrected chi connectivity index (χ0v) is 9.86. The van der Waals surface area contributed by atoms with Crippen molar-refractivity contribution in [2.24, 2.45) is 0 Å². The average Bonchev–Trinajstić information content (AvgIpc) is 2.82. The molecule has 0 saturated carbocycles. The lowest BCUT2D eigenvalue weighted by atomic mass is 10.1. The van der Waals surface area contributed by atoms with Crippen LogP contribution >= 0.6 is 0 Å². The Bertz CT molecular complexity index is 532. The van der Waals surface area contributed by atoms with Crippen LogP contribution in [0.25, 0.3) is 11.3 Å². The number of nitrogens with zero attached hydrogens (tertiary/aromatic N) is 1. The summed E-state index contributed by atoms with van der Waals surface area (Å²) in [5, 5.41) is 0. The van der Waals surface area contributed by atoms with Gasteiger partial charge in [-0.3, -0.25) is 4.79 Å². The fourth-order valence-electron chi connectivity index (χ4n) is 1.75. The molecule has 1 aromatic heterocycles. The van der Waals surface area contributed by atoms with Gasteiger partial charge in [-0.05, 0) is 18.6 Å². The number of carbonyl (C=O) groups is 1. The zero-order valence-electron chi connectivity index (χ0n) is 9.86. The van der Waals surface area contributed by atoms with Crippen LogP contribution in [0.2, 0.25) is 0 Å². The average molecular weight is 230 g/mol. The molecule has 0 bridgehead atoms. The Balaban J connectivity index is 2.50. The van der Waals surface area contributed by atoms with Gasteiger partial charge in [-0.2, -0.15) is 0 Å². The van der Waals surface area contributed by atoms with Gasteiger partial charge in [-0.15, -0.1) is 0 Å². The number of rotatable bonds is 4. The highest BCUT2D eigenvalue weighted by Crippen LogP contribution is 2.25. The maximum Gasteiger partial charge on any atom is 0.185 e. The second kappa shape index (κ2) is 4.82. The van der Waals surface area contributed by atoms with Crippen molar-refractivity contribution < 1.29 is 9.53 Å². The predicted octanol–water partition coefficient (Wildman–Crippen LogP) is 2.46. The van der Waals surface area contributed by atoms with Crippen LogP contribution in [0.1, 0.15) is 23.2 Å². The number of hydrogen-bond acceptors (Lipinski definition) is 3. The van der Waals surface area contributed by atoms with E-state index in [0.29, 0.717) is 5.82 Å². The normalized spacial score (nSPS) is 10.2. The molecule has 0 aliphatic rings. The highest BCUT2D eigenvalue weighted by Gasteiger charge is 2.10. The van der Waals surface area contributed by atoms with E-state index in [1.54, 1.807) is 7.11 Å². The number of H-pyrrole nitrogens is 1. The first kappa shape index (κ1) is 11.4. The van der Waals surface area contributed by atoms with Crippen LogP contribution in [0.4, 0.5) is 0 Å². The fourth-order valence-corrected chi connectivity index (χ4v) is 1.75. The van der Waals surface area contributed by atoms with Crippen molar-refractivity contribution in [3.63, 3.8) is 0 Å². The molecule has 1 N–H and O–H groups in total. The second-order valence-electron chi connectivity index (χ2n) is 3.65. The van der Waals surface area contributed by atoms with Crippen LogP contribution in [0.5, 0.6) is 5.75 Å².